The number of hydrogen-bond acceptors (Lipinski definition) is 3. The van der Waals surface area contributed by atoms with Crippen LogP contribution in [0.1, 0.15) is 11.6 Å². The van der Waals surface area contributed by atoms with Gasteiger partial charge in [-0.1, -0.05) is 12.1 Å². The zero-order chi connectivity index (χ0) is 12.7. The molecule has 0 saturated carbocycles. The van der Waals surface area contributed by atoms with Crippen molar-refractivity contribution >= 4 is 0 Å². The van der Waals surface area contributed by atoms with E-state index in [0.29, 0.717) is 13.2 Å². The lowest BCUT2D eigenvalue weighted by Crippen LogP contribution is -2.24. The second-order valence-electron chi connectivity index (χ2n) is 3.55. The van der Waals surface area contributed by atoms with Gasteiger partial charge >= 0.3 is 0 Å². The van der Waals surface area contributed by atoms with Crippen molar-refractivity contribution in [3.63, 3.8) is 0 Å². The van der Waals surface area contributed by atoms with Gasteiger partial charge < -0.3 is 14.8 Å². The van der Waals surface area contributed by atoms with E-state index in [-0.39, 0.29) is 18.2 Å². The highest BCUT2D eigenvalue weighted by Gasteiger charge is 2.16. The standard InChI is InChI=1S/C12H17F2NO2/c1-15-11(8-17-7-6-16-2)9-4-3-5-10(13)12(9)14/h3-5,11,15H,6-8H2,1-2H3. The Bertz CT molecular complexity index is 347. The highest BCUT2D eigenvalue weighted by Crippen LogP contribution is 2.19. The Morgan fingerprint density at radius 2 is 2.06 bits per heavy atom. The molecule has 0 aliphatic carbocycles. The van der Waals surface area contributed by atoms with Gasteiger partial charge in [0.15, 0.2) is 11.6 Å². The summed E-state index contributed by atoms with van der Waals surface area (Å²) in [4.78, 5) is 0. The molecule has 0 aliphatic heterocycles. The lowest BCUT2D eigenvalue weighted by molar-refractivity contribution is 0.0591. The largest absolute Gasteiger partial charge is 0.382 e. The molecular formula is C12H17F2NO2. The molecule has 96 valence electrons. The van der Waals surface area contributed by atoms with Gasteiger partial charge in [-0.05, 0) is 13.1 Å². The highest BCUT2D eigenvalue weighted by molar-refractivity contribution is 5.22. The number of halogens is 2. The number of likely N-dealkylation sites (N-methyl/N-ethyl adjacent to an activating group) is 1. The molecule has 0 radical (unpaired) electrons. The summed E-state index contributed by atoms with van der Waals surface area (Å²) in [5.74, 6) is -1.68. The molecule has 1 atom stereocenters. The van der Waals surface area contributed by atoms with Crippen molar-refractivity contribution in [1.82, 2.24) is 5.32 Å². The Balaban J connectivity index is 2.63. The summed E-state index contributed by atoms with van der Waals surface area (Å²) >= 11 is 0. The van der Waals surface area contributed by atoms with Crippen molar-refractivity contribution in [3.05, 3.63) is 35.4 Å². The minimum atomic E-state index is -0.848. The maximum Gasteiger partial charge on any atom is 0.163 e. The zero-order valence-electron chi connectivity index (χ0n) is 10.0. The van der Waals surface area contributed by atoms with Crippen molar-refractivity contribution < 1.29 is 18.3 Å². The Labute approximate surface area is 99.7 Å². The molecule has 0 heterocycles. The van der Waals surface area contributed by atoms with Crippen LogP contribution >= 0.6 is 0 Å². The van der Waals surface area contributed by atoms with Crippen LogP contribution < -0.4 is 5.32 Å². The molecule has 0 spiro atoms. The molecule has 1 unspecified atom stereocenters. The van der Waals surface area contributed by atoms with Gasteiger partial charge in [0.2, 0.25) is 0 Å². The Hall–Kier alpha value is -1.04. The first-order valence-corrected chi connectivity index (χ1v) is 5.38. The van der Waals surface area contributed by atoms with Crippen LogP contribution in [0.4, 0.5) is 8.78 Å². The van der Waals surface area contributed by atoms with Gasteiger partial charge in [-0.2, -0.15) is 0 Å². The minimum absolute atomic E-state index is 0.264. The van der Waals surface area contributed by atoms with Gasteiger partial charge in [-0.15, -0.1) is 0 Å². The number of methoxy groups -OCH3 is 1. The van der Waals surface area contributed by atoms with Crippen LogP contribution in [0.2, 0.25) is 0 Å². The average molecular weight is 245 g/mol. The summed E-state index contributed by atoms with van der Waals surface area (Å²) in [5.41, 5.74) is 0.268. The van der Waals surface area contributed by atoms with Gasteiger partial charge in [0.05, 0.1) is 25.9 Å². The van der Waals surface area contributed by atoms with Gasteiger partial charge in [-0.3, -0.25) is 0 Å². The van der Waals surface area contributed by atoms with E-state index in [2.05, 4.69) is 5.32 Å². The topological polar surface area (TPSA) is 30.5 Å². The molecule has 0 bridgehead atoms. The normalized spacial score (nSPS) is 12.7. The molecule has 1 aromatic carbocycles. The summed E-state index contributed by atoms with van der Waals surface area (Å²) in [7, 11) is 3.25. The molecule has 3 nitrogen and oxygen atoms in total. The Kier molecular flexibility index (Phi) is 6.04. The third kappa shape index (κ3) is 4.03. The molecule has 5 heteroatoms. The number of ether oxygens (including phenoxy) is 2. The lowest BCUT2D eigenvalue weighted by Gasteiger charge is -2.17. The third-order valence-corrected chi connectivity index (χ3v) is 2.42. The van der Waals surface area contributed by atoms with E-state index in [1.165, 1.54) is 6.07 Å². The Morgan fingerprint density at radius 3 is 2.71 bits per heavy atom. The first-order valence-electron chi connectivity index (χ1n) is 5.38. The molecule has 1 rings (SSSR count). The third-order valence-electron chi connectivity index (χ3n) is 2.42. The van der Waals surface area contributed by atoms with E-state index in [9.17, 15) is 8.78 Å². The van der Waals surface area contributed by atoms with E-state index in [1.807, 2.05) is 0 Å². The van der Waals surface area contributed by atoms with Crippen LogP contribution in [-0.2, 0) is 9.47 Å². The quantitative estimate of drug-likeness (QED) is 0.744. The van der Waals surface area contributed by atoms with Crippen LogP contribution in [0.25, 0.3) is 0 Å². The van der Waals surface area contributed by atoms with Crippen molar-refractivity contribution in [3.8, 4) is 0 Å². The summed E-state index contributed by atoms with van der Waals surface area (Å²) in [5, 5.41) is 2.89. The fourth-order valence-electron chi connectivity index (χ4n) is 1.46. The molecule has 0 amide bonds. The summed E-state index contributed by atoms with van der Waals surface area (Å²) in [6.45, 7) is 1.16. The number of rotatable bonds is 7. The molecule has 0 fully saturated rings. The number of nitrogens with one attached hydrogen (secondary N) is 1. The first kappa shape index (κ1) is 14.0. The van der Waals surface area contributed by atoms with E-state index < -0.39 is 11.6 Å². The zero-order valence-corrected chi connectivity index (χ0v) is 10.0. The molecular weight excluding hydrogens is 228 g/mol. The molecule has 0 saturated heterocycles. The fourth-order valence-corrected chi connectivity index (χ4v) is 1.46. The molecule has 1 N–H and O–H groups in total. The monoisotopic (exact) mass is 245 g/mol. The van der Waals surface area contributed by atoms with E-state index in [0.717, 1.165) is 6.07 Å². The van der Waals surface area contributed by atoms with E-state index >= 15 is 0 Å². The SMILES string of the molecule is CNC(COCCOC)c1cccc(F)c1F. The minimum Gasteiger partial charge on any atom is -0.382 e. The smallest absolute Gasteiger partial charge is 0.163 e. The highest BCUT2D eigenvalue weighted by atomic mass is 19.2. The number of benzene rings is 1. The fraction of sp³-hybridized carbons (Fsp3) is 0.500. The van der Waals surface area contributed by atoms with Crippen LogP contribution in [-0.4, -0.2) is 34.0 Å². The molecule has 1 aromatic rings. The second kappa shape index (κ2) is 7.32. The summed E-state index contributed by atoms with van der Waals surface area (Å²) in [6, 6.07) is 3.74. The molecule has 0 aromatic heterocycles. The van der Waals surface area contributed by atoms with Crippen LogP contribution in [0.15, 0.2) is 18.2 Å². The van der Waals surface area contributed by atoms with Crippen molar-refractivity contribution in [1.29, 1.82) is 0 Å². The maximum absolute atomic E-state index is 13.5. The Morgan fingerprint density at radius 1 is 1.29 bits per heavy atom. The lowest BCUT2D eigenvalue weighted by atomic mass is 10.1. The molecule has 0 aliphatic rings. The van der Waals surface area contributed by atoms with Gasteiger partial charge in [0, 0.05) is 12.7 Å². The van der Waals surface area contributed by atoms with Gasteiger partial charge in [0.25, 0.3) is 0 Å². The predicted molar refractivity (Wildman–Crippen MR) is 60.9 cm³/mol. The van der Waals surface area contributed by atoms with Crippen molar-refractivity contribution in [2.45, 2.75) is 6.04 Å². The van der Waals surface area contributed by atoms with Crippen LogP contribution in [0.3, 0.4) is 0 Å². The van der Waals surface area contributed by atoms with E-state index in [4.69, 9.17) is 9.47 Å². The van der Waals surface area contributed by atoms with Crippen LogP contribution in [0, 0.1) is 11.6 Å². The van der Waals surface area contributed by atoms with E-state index in [1.54, 1.807) is 20.2 Å². The maximum atomic E-state index is 13.5. The van der Waals surface area contributed by atoms with Crippen LogP contribution in [0.5, 0.6) is 0 Å². The first-order chi connectivity index (χ1) is 8.20. The van der Waals surface area contributed by atoms with Gasteiger partial charge in [0.1, 0.15) is 0 Å². The van der Waals surface area contributed by atoms with Gasteiger partial charge in [-0.25, -0.2) is 8.78 Å². The van der Waals surface area contributed by atoms with Crippen molar-refractivity contribution in [2.24, 2.45) is 0 Å². The summed E-state index contributed by atoms with van der Waals surface area (Å²) < 4.78 is 36.7. The summed E-state index contributed by atoms with van der Waals surface area (Å²) in [6.07, 6.45) is 0. The average Bonchev–Trinajstić information content (AvgIpc) is 2.34. The predicted octanol–water partition coefficient (Wildman–Crippen LogP) is 1.89. The molecule has 17 heavy (non-hydrogen) atoms. The van der Waals surface area contributed by atoms with Crippen molar-refractivity contribution in [2.75, 3.05) is 34.0 Å². The second-order valence-corrected chi connectivity index (χ2v) is 3.55. The number of hydrogen-bond donors (Lipinski definition) is 1.